The summed E-state index contributed by atoms with van der Waals surface area (Å²) in [5, 5.41) is 0. The predicted octanol–water partition coefficient (Wildman–Crippen LogP) is 4.07. The Balaban J connectivity index is 1.32. The summed E-state index contributed by atoms with van der Waals surface area (Å²) in [7, 11) is 0. The third kappa shape index (κ3) is 2.61. The number of anilines is 1. The van der Waals surface area contributed by atoms with Crippen molar-refractivity contribution in [3.8, 4) is 0 Å². The number of rotatable bonds is 3. The summed E-state index contributed by atoms with van der Waals surface area (Å²) in [5.74, 6) is 0. The van der Waals surface area contributed by atoms with Crippen LogP contribution < -0.4 is 4.90 Å². The number of likely N-dealkylation sites (N-methyl/N-ethyl adjacent to an activating group) is 1. The highest BCUT2D eigenvalue weighted by molar-refractivity contribution is 7.00. The lowest BCUT2D eigenvalue weighted by Crippen LogP contribution is -2.44. The van der Waals surface area contributed by atoms with Crippen LogP contribution in [0.5, 0.6) is 0 Å². The van der Waals surface area contributed by atoms with Gasteiger partial charge in [0.1, 0.15) is 11.0 Å². The van der Waals surface area contributed by atoms with Gasteiger partial charge in [-0.1, -0.05) is 24.3 Å². The van der Waals surface area contributed by atoms with Crippen LogP contribution in [0.15, 0.2) is 42.5 Å². The average molecular weight is 365 g/mol. The monoisotopic (exact) mass is 364 g/mol. The predicted molar refractivity (Wildman–Crippen MR) is 108 cm³/mol. The van der Waals surface area contributed by atoms with Gasteiger partial charge in [0.25, 0.3) is 0 Å². The van der Waals surface area contributed by atoms with Crippen LogP contribution >= 0.6 is 11.7 Å². The Bertz CT molecular complexity index is 926. The smallest absolute Gasteiger partial charge is 0.105 e. The van der Waals surface area contributed by atoms with E-state index in [2.05, 4.69) is 67.9 Å². The lowest BCUT2D eigenvalue weighted by molar-refractivity contribution is 0.160. The zero-order chi connectivity index (χ0) is 17.6. The first-order valence-electron chi connectivity index (χ1n) is 9.55. The Morgan fingerprint density at radius 2 is 1.85 bits per heavy atom. The van der Waals surface area contributed by atoms with Gasteiger partial charge in [0.15, 0.2) is 0 Å². The normalized spacial score (nSPS) is 19.3. The van der Waals surface area contributed by atoms with Crippen LogP contribution in [0.3, 0.4) is 0 Å². The molecule has 1 fully saturated rings. The fourth-order valence-electron chi connectivity index (χ4n) is 4.77. The number of fused-ring (bicyclic) bond motifs is 3. The highest BCUT2D eigenvalue weighted by Gasteiger charge is 2.43. The minimum absolute atomic E-state index is 0.353. The highest BCUT2D eigenvalue weighted by Crippen LogP contribution is 2.46. The SMILES string of the molecule is CCN1CC2(CCN(Cc3ccc4nsnc4c3)CC2)c2ccccc21. The molecule has 2 aromatic carbocycles. The van der Waals surface area contributed by atoms with Gasteiger partial charge in [-0.3, -0.25) is 4.90 Å². The van der Waals surface area contributed by atoms with E-state index >= 15 is 0 Å². The molecule has 4 nitrogen and oxygen atoms in total. The maximum atomic E-state index is 4.38. The fourth-order valence-corrected chi connectivity index (χ4v) is 5.28. The van der Waals surface area contributed by atoms with Gasteiger partial charge in [0.2, 0.25) is 0 Å². The maximum Gasteiger partial charge on any atom is 0.105 e. The molecule has 0 radical (unpaired) electrons. The summed E-state index contributed by atoms with van der Waals surface area (Å²) in [6.07, 6.45) is 2.50. The zero-order valence-corrected chi connectivity index (χ0v) is 16.0. The lowest BCUT2D eigenvalue weighted by atomic mass is 9.74. The van der Waals surface area contributed by atoms with E-state index in [9.17, 15) is 0 Å². The largest absolute Gasteiger partial charge is 0.371 e. The quantitative estimate of drug-likeness (QED) is 0.701. The number of aromatic nitrogens is 2. The molecule has 0 aliphatic carbocycles. The van der Waals surface area contributed by atoms with Gasteiger partial charge in [-0.15, -0.1) is 0 Å². The van der Waals surface area contributed by atoms with E-state index in [1.165, 1.54) is 55.5 Å². The molecular formula is C21H24N4S. The maximum absolute atomic E-state index is 4.38. The Morgan fingerprint density at radius 1 is 1.04 bits per heavy atom. The van der Waals surface area contributed by atoms with Gasteiger partial charge >= 0.3 is 0 Å². The van der Waals surface area contributed by atoms with Crippen molar-refractivity contribution in [2.45, 2.75) is 31.7 Å². The molecule has 1 spiro atoms. The molecule has 5 rings (SSSR count). The van der Waals surface area contributed by atoms with Crippen molar-refractivity contribution < 1.29 is 0 Å². The molecule has 26 heavy (non-hydrogen) atoms. The Hall–Kier alpha value is -1.98. The third-order valence-electron chi connectivity index (χ3n) is 6.23. The number of hydrogen-bond acceptors (Lipinski definition) is 5. The summed E-state index contributed by atoms with van der Waals surface area (Å²) in [4.78, 5) is 5.16. The summed E-state index contributed by atoms with van der Waals surface area (Å²) >= 11 is 1.30. The topological polar surface area (TPSA) is 32.3 Å². The number of nitrogens with zero attached hydrogens (tertiary/aromatic N) is 4. The minimum atomic E-state index is 0.353. The minimum Gasteiger partial charge on any atom is -0.371 e. The highest BCUT2D eigenvalue weighted by atomic mass is 32.1. The van der Waals surface area contributed by atoms with Crippen LogP contribution in [0.2, 0.25) is 0 Å². The Kier molecular flexibility index (Phi) is 3.94. The van der Waals surface area contributed by atoms with Crippen molar-refractivity contribution in [2.24, 2.45) is 0 Å². The molecule has 0 atom stereocenters. The number of hydrogen-bond donors (Lipinski definition) is 0. The molecule has 3 heterocycles. The summed E-state index contributed by atoms with van der Waals surface area (Å²) in [5.41, 5.74) is 6.79. The van der Waals surface area contributed by atoms with E-state index in [0.717, 1.165) is 24.1 Å². The molecule has 3 aromatic rings. The zero-order valence-electron chi connectivity index (χ0n) is 15.2. The molecule has 0 N–H and O–H groups in total. The van der Waals surface area contributed by atoms with E-state index in [-0.39, 0.29) is 0 Å². The first-order chi connectivity index (χ1) is 12.8. The second kappa shape index (κ2) is 6.32. The summed E-state index contributed by atoms with van der Waals surface area (Å²) in [6.45, 7) is 7.91. The number of likely N-dealkylation sites (tertiary alicyclic amines) is 1. The molecule has 2 aliphatic heterocycles. The standard InChI is InChI=1S/C21H24N4S/c1-2-25-15-21(17-5-3-4-6-20(17)25)9-11-24(12-10-21)14-16-7-8-18-19(13-16)23-26-22-18/h3-8,13H,2,9-12,14-15H2,1H3. The van der Waals surface area contributed by atoms with Crippen LogP contribution in [-0.4, -0.2) is 39.8 Å². The van der Waals surface area contributed by atoms with E-state index < -0.39 is 0 Å². The molecule has 134 valence electrons. The van der Waals surface area contributed by atoms with Gasteiger partial charge < -0.3 is 4.90 Å². The van der Waals surface area contributed by atoms with Crippen molar-refractivity contribution in [1.29, 1.82) is 0 Å². The van der Waals surface area contributed by atoms with Gasteiger partial charge in [-0.25, -0.2) is 0 Å². The molecular weight excluding hydrogens is 340 g/mol. The van der Waals surface area contributed by atoms with Crippen LogP contribution in [0.4, 0.5) is 5.69 Å². The first-order valence-corrected chi connectivity index (χ1v) is 10.3. The molecule has 0 bridgehead atoms. The molecule has 0 amide bonds. The number of para-hydroxylation sites is 1. The Labute approximate surface area is 158 Å². The number of benzene rings is 2. The summed E-state index contributed by atoms with van der Waals surface area (Å²) < 4.78 is 8.68. The van der Waals surface area contributed by atoms with E-state index in [1.54, 1.807) is 5.56 Å². The Morgan fingerprint density at radius 3 is 2.69 bits per heavy atom. The molecule has 0 unspecified atom stereocenters. The van der Waals surface area contributed by atoms with Crippen LogP contribution in [0.1, 0.15) is 30.9 Å². The second-order valence-corrected chi connectivity index (χ2v) is 8.20. The molecule has 0 saturated carbocycles. The fraction of sp³-hybridized carbons (Fsp3) is 0.429. The molecule has 1 aromatic heterocycles. The van der Waals surface area contributed by atoms with Crippen LogP contribution in [-0.2, 0) is 12.0 Å². The number of piperidine rings is 1. The molecule has 2 aliphatic rings. The van der Waals surface area contributed by atoms with Crippen molar-refractivity contribution in [2.75, 3.05) is 31.1 Å². The van der Waals surface area contributed by atoms with Crippen molar-refractivity contribution in [3.63, 3.8) is 0 Å². The second-order valence-electron chi connectivity index (χ2n) is 7.68. The third-order valence-corrected chi connectivity index (χ3v) is 6.79. The van der Waals surface area contributed by atoms with Crippen molar-refractivity contribution in [1.82, 2.24) is 13.6 Å². The van der Waals surface area contributed by atoms with Gasteiger partial charge in [-0.2, -0.15) is 8.75 Å². The summed E-state index contributed by atoms with van der Waals surface area (Å²) in [6, 6.07) is 15.6. The van der Waals surface area contributed by atoms with Gasteiger partial charge in [0, 0.05) is 30.7 Å². The lowest BCUT2D eigenvalue weighted by Gasteiger charge is -2.40. The van der Waals surface area contributed by atoms with Crippen LogP contribution in [0.25, 0.3) is 11.0 Å². The average Bonchev–Trinajstić information content (AvgIpc) is 3.27. The first kappa shape index (κ1) is 16.2. The van der Waals surface area contributed by atoms with E-state index in [1.807, 2.05) is 0 Å². The van der Waals surface area contributed by atoms with Crippen LogP contribution in [0, 0.1) is 0 Å². The molecule has 1 saturated heterocycles. The van der Waals surface area contributed by atoms with E-state index in [4.69, 9.17) is 0 Å². The molecule has 5 heteroatoms. The van der Waals surface area contributed by atoms with Crippen molar-refractivity contribution in [3.05, 3.63) is 53.6 Å². The van der Waals surface area contributed by atoms with Gasteiger partial charge in [-0.05, 0) is 62.2 Å². The van der Waals surface area contributed by atoms with E-state index in [0.29, 0.717) is 5.41 Å². The van der Waals surface area contributed by atoms with Gasteiger partial charge in [0.05, 0.1) is 11.7 Å². The van der Waals surface area contributed by atoms with Crippen molar-refractivity contribution >= 4 is 28.4 Å².